The average molecular weight is 338 g/mol. The number of nitriles is 1. The van der Waals surface area contributed by atoms with Crippen molar-refractivity contribution in [3.63, 3.8) is 0 Å². The SMILES string of the molecule is COc1ccc(NC(=O)N(C)C(C)Cc2ncccc2C)cc1C#N. The molecule has 0 radical (unpaired) electrons. The summed E-state index contributed by atoms with van der Waals surface area (Å²) in [5.41, 5.74) is 3.01. The van der Waals surface area contributed by atoms with Gasteiger partial charge in [-0.25, -0.2) is 4.79 Å². The third kappa shape index (κ3) is 4.48. The van der Waals surface area contributed by atoms with Crippen LogP contribution in [0.4, 0.5) is 10.5 Å². The summed E-state index contributed by atoms with van der Waals surface area (Å²) in [6.45, 7) is 3.98. The van der Waals surface area contributed by atoms with Crippen LogP contribution in [0.1, 0.15) is 23.7 Å². The summed E-state index contributed by atoms with van der Waals surface area (Å²) < 4.78 is 5.11. The lowest BCUT2D eigenvalue weighted by molar-refractivity contribution is 0.207. The van der Waals surface area contributed by atoms with Gasteiger partial charge in [-0.15, -0.1) is 0 Å². The van der Waals surface area contributed by atoms with Crippen molar-refractivity contribution in [3.8, 4) is 11.8 Å². The number of anilines is 1. The smallest absolute Gasteiger partial charge is 0.321 e. The lowest BCUT2D eigenvalue weighted by Crippen LogP contribution is -2.39. The fourth-order valence-electron chi connectivity index (χ4n) is 2.43. The minimum Gasteiger partial charge on any atom is -0.495 e. The Bertz CT molecular complexity index is 798. The molecule has 25 heavy (non-hydrogen) atoms. The highest BCUT2D eigenvalue weighted by atomic mass is 16.5. The van der Waals surface area contributed by atoms with Gasteiger partial charge in [-0.1, -0.05) is 6.07 Å². The standard InChI is InChI=1S/C19H22N4O2/c1-13-6-5-9-21-17(13)10-14(2)23(3)19(24)22-16-7-8-18(25-4)15(11-16)12-20/h5-9,11,14H,10H2,1-4H3,(H,22,24). The van der Waals surface area contributed by atoms with E-state index in [2.05, 4.69) is 16.4 Å². The second-order valence-corrected chi connectivity index (χ2v) is 5.89. The van der Waals surface area contributed by atoms with Gasteiger partial charge in [-0.3, -0.25) is 4.98 Å². The molecule has 6 nitrogen and oxygen atoms in total. The number of nitrogens with one attached hydrogen (secondary N) is 1. The average Bonchev–Trinajstić information content (AvgIpc) is 2.62. The first kappa shape index (κ1) is 18.3. The van der Waals surface area contributed by atoms with Crippen molar-refractivity contribution >= 4 is 11.7 Å². The number of hydrogen-bond donors (Lipinski definition) is 1. The number of ether oxygens (including phenoxy) is 1. The first-order chi connectivity index (χ1) is 12.0. The number of rotatable bonds is 5. The zero-order chi connectivity index (χ0) is 18.4. The van der Waals surface area contributed by atoms with E-state index < -0.39 is 0 Å². The second-order valence-electron chi connectivity index (χ2n) is 5.89. The van der Waals surface area contributed by atoms with Crippen LogP contribution in [0.2, 0.25) is 0 Å². The Kier molecular flexibility index (Phi) is 5.96. The zero-order valence-corrected chi connectivity index (χ0v) is 14.9. The van der Waals surface area contributed by atoms with E-state index in [4.69, 9.17) is 10.00 Å². The van der Waals surface area contributed by atoms with Gasteiger partial charge in [0.2, 0.25) is 0 Å². The molecule has 1 atom stereocenters. The molecule has 1 N–H and O–H groups in total. The quantitative estimate of drug-likeness (QED) is 0.906. The fourth-order valence-corrected chi connectivity index (χ4v) is 2.43. The normalized spacial score (nSPS) is 11.3. The summed E-state index contributed by atoms with van der Waals surface area (Å²) in [6.07, 6.45) is 2.43. The van der Waals surface area contributed by atoms with Crippen LogP contribution >= 0.6 is 0 Å². The molecular formula is C19H22N4O2. The molecule has 0 bridgehead atoms. The summed E-state index contributed by atoms with van der Waals surface area (Å²) in [6, 6.07) is 10.7. The Labute approximate surface area is 148 Å². The highest BCUT2D eigenvalue weighted by molar-refractivity contribution is 5.89. The van der Waals surface area contributed by atoms with Gasteiger partial charge in [0.1, 0.15) is 11.8 Å². The summed E-state index contributed by atoms with van der Waals surface area (Å²) in [4.78, 5) is 18.5. The maximum atomic E-state index is 12.5. The summed E-state index contributed by atoms with van der Waals surface area (Å²) in [5.74, 6) is 0.479. The predicted molar refractivity (Wildman–Crippen MR) is 96.6 cm³/mol. The van der Waals surface area contributed by atoms with Crippen molar-refractivity contribution in [2.24, 2.45) is 0 Å². The van der Waals surface area contributed by atoms with Gasteiger partial charge in [-0.2, -0.15) is 5.26 Å². The van der Waals surface area contributed by atoms with E-state index in [0.717, 1.165) is 11.3 Å². The van der Waals surface area contributed by atoms with Crippen LogP contribution in [0, 0.1) is 18.3 Å². The van der Waals surface area contributed by atoms with E-state index in [0.29, 0.717) is 23.4 Å². The molecule has 0 aliphatic rings. The second kappa shape index (κ2) is 8.15. The molecule has 130 valence electrons. The predicted octanol–water partition coefficient (Wildman–Crippen LogP) is 3.37. The van der Waals surface area contributed by atoms with Crippen molar-refractivity contribution in [2.75, 3.05) is 19.5 Å². The Morgan fingerprint density at radius 3 is 2.84 bits per heavy atom. The number of nitrogens with zero attached hydrogens (tertiary/aromatic N) is 3. The molecule has 0 spiro atoms. The van der Waals surface area contributed by atoms with Gasteiger partial charge in [0.25, 0.3) is 0 Å². The molecule has 0 saturated carbocycles. The van der Waals surface area contributed by atoms with Crippen LogP contribution in [0.15, 0.2) is 36.5 Å². The first-order valence-corrected chi connectivity index (χ1v) is 7.98. The van der Waals surface area contributed by atoms with E-state index in [1.807, 2.05) is 26.0 Å². The van der Waals surface area contributed by atoms with Gasteiger partial charge in [0.15, 0.2) is 0 Å². The number of benzene rings is 1. The molecule has 1 aromatic carbocycles. The number of urea groups is 1. The molecule has 0 saturated heterocycles. The lowest BCUT2D eigenvalue weighted by Gasteiger charge is -2.25. The van der Waals surface area contributed by atoms with Crippen molar-refractivity contribution in [2.45, 2.75) is 26.3 Å². The number of likely N-dealkylation sites (N-methyl/N-ethyl adjacent to an activating group) is 1. The topological polar surface area (TPSA) is 78.2 Å². The van der Waals surface area contributed by atoms with E-state index in [1.54, 1.807) is 36.3 Å². The molecule has 0 aliphatic heterocycles. The van der Waals surface area contributed by atoms with Crippen LogP contribution in [-0.4, -0.2) is 36.1 Å². The molecule has 1 unspecified atom stereocenters. The third-order valence-corrected chi connectivity index (χ3v) is 4.16. The zero-order valence-electron chi connectivity index (χ0n) is 14.9. The minimum atomic E-state index is -0.241. The maximum absolute atomic E-state index is 12.5. The number of hydrogen-bond acceptors (Lipinski definition) is 4. The molecule has 2 rings (SSSR count). The molecule has 2 amide bonds. The van der Waals surface area contributed by atoms with Crippen LogP contribution in [-0.2, 0) is 6.42 Å². The highest BCUT2D eigenvalue weighted by Crippen LogP contribution is 2.22. The van der Waals surface area contributed by atoms with Gasteiger partial charge in [0.05, 0.1) is 12.7 Å². The summed E-state index contributed by atoms with van der Waals surface area (Å²) in [5, 5.41) is 11.9. The van der Waals surface area contributed by atoms with Crippen molar-refractivity contribution < 1.29 is 9.53 Å². The Morgan fingerprint density at radius 1 is 1.44 bits per heavy atom. The molecule has 1 heterocycles. The number of aryl methyl sites for hydroxylation is 1. The number of amides is 2. The van der Waals surface area contributed by atoms with Gasteiger partial charge < -0.3 is 15.0 Å². The van der Waals surface area contributed by atoms with Crippen molar-refractivity contribution in [1.82, 2.24) is 9.88 Å². The fraction of sp³-hybridized carbons (Fsp3) is 0.316. The Morgan fingerprint density at radius 2 is 2.20 bits per heavy atom. The van der Waals surface area contributed by atoms with E-state index in [9.17, 15) is 4.79 Å². The number of pyridine rings is 1. The van der Waals surface area contributed by atoms with E-state index in [1.165, 1.54) is 7.11 Å². The minimum absolute atomic E-state index is 0.0257. The molecule has 6 heteroatoms. The maximum Gasteiger partial charge on any atom is 0.321 e. The molecule has 0 fully saturated rings. The molecule has 2 aromatic rings. The molecule has 1 aromatic heterocycles. The summed E-state index contributed by atoms with van der Waals surface area (Å²) >= 11 is 0. The monoisotopic (exact) mass is 338 g/mol. The first-order valence-electron chi connectivity index (χ1n) is 7.98. The van der Waals surface area contributed by atoms with Crippen LogP contribution in [0.5, 0.6) is 5.75 Å². The van der Waals surface area contributed by atoms with Gasteiger partial charge >= 0.3 is 6.03 Å². The number of carbonyl (C=O) groups excluding carboxylic acids is 1. The van der Waals surface area contributed by atoms with E-state index in [-0.39, 0.29) is 12.1 Å². The molecule has 0 aliphatic carbocycles. The van der Waals surface area contributed by atoms with Crippen LogP contribution in [0.3, 0.4) is 0 Å². The lowest BCUT2D eigenvalue weighted by atomic mass is 10.1. The number of carbonyl (C=O) groups is 1. The number of aromatic nitrogens is 1. The third-order valence-electron chi connectivity index (χ3n) is 4.16. The van der Waals surface area contributed by atoms with Crippen molar-refractivity contribution in [3.05, 3.63) is 53.3 Å². The van der Waals surface area contributed by atoms with Crippen LogP contribution < -0.4 is 10.1 Å². The Balaban J connectivity index is 2.05. The van der Waals surface area contributed by atoms with Gasteiger partial charge in [0, 0.05) is 37.1 Å². The van der Waals surface area contributed by atoms with Crippen LogP contribution in [0.25, 0.3) is 0 Å². The van der Waals surface area contributed by atoms with Crippen molar-refractivity contribution in [1.29, 1.82) is 5.26 Å². The number of methoxy groups -OCH3 is 1. The molecular weight excluding hydrogens is 316 g/mol. The largest absolute Gasteiger partial charge is 0.495 e. The van der Waals surface area contributed by atoms with E-state index >= 15 is 0 Å². The Hall–Kier alpha value is -3.07. The van der Waals surface area contributed by atoms with Gasteiger partial charge in [-0.05, 0) is 43.7 Å². The highest BCUT2D eigenvalue weighted by Gasteiger charge is 2.18. The summed E-state index contributed by atoms with van der Waals surface area (Å²) in [7, 11) is 3.25.